The quantitative estimate of drug-likeness (QED) is 0.812. The minimum absolute atomic E-state index is 0.494. The van der Waals surface area contributed by atoms with Crippen molar-refractivity contribution in [1.29, 1.82) is 0 Å². The molecule has 1 aliphatic heterocycles. The van der Waals surface area contributed by atoms with Crippen LogP contribution >= 0.6 is 0 Å². The van der Waals surface area contributed by atoms with Gasteiger partial charge in [-0.25, -0.2) is 0 Å². The van der Waals surface area contributed by atoms with E-state index >= 15 is 0 Å². The van der Waals surface area contributed by atoms with Crippen LogP contribution in [-0.4, -0.2) is 24.0 Å². The van der Waals surface area contributed by atoms with Gasteiger partial charge in [0.15, 0.2) is 0 Å². The first-order valence-electron chi connectivity index (χ1n) is 6.82. The second-order valence-electron chi connectivity index (χ2n) is 5.44. The molecule has 18 heavy (non-hydrogen) atoms. The van der Waals surface area contributed by atoms with Crippen LogP contribution in [0.5, 0.6) is 0 Å². The minimum Gasteiger partial charge on any atom is -0.463 e. The van der Waals surface area contributed by atoms with E-state index in [-0.39, 0.29) is 0 Å². The van der Waals surface area contributed by atoms with E-state index in [9.17, 15) is 0 Å². The highest BCUT2D eigenvalue weighted by Crippen LogP contribution is 2.15. The highest BCUT2D eigenvalue weighted by Gasteiger charge is 2.11. The third-order valence-electron chi connectivity index (χ3n) is 3.30. The summed E-state index contributed by atoms with van der Waals surface area (Å²) in [4.78, 5) is 2.42. The first kappa shape index (κ1) is 13.4. The van der Waals surface area contributed by atoms with Crippen molar-refractivity contribution in [3.05, 3.63) is 35.3 Å². The summed E-state index contributed by atoms with van der Waals surface area (Å²) in [6.07, 6.45) is 3.50. The van der Waals surface area contributed by atoms with Crippen molar-refractivity contribution in [3.63, 3.8) is 0 Å². The molecule has 0 atom stereocenters. The van der Waals surface area contributed by atoms with Crippen LogP contribution in [0.15, 0.2) is 28.2 Å². The summed E-state index contributed by atoms with van der Waals surface area (Å²) < 4.78 is 5.84. The maximum Gasteiger partial charge on any atom is 0.118 e. The molecule has 0 aliphatic carbocycles. The Balaban J connectivity index is 1.83. The van der Waals surface area contributed by atoms with Gasteiger partial charge in [0, 0.05) is 19.1 Å². The molecule has 0 amide bonds. The fraction of sp³-hybridized carbons (Fsp3) is 0.600. The molecule has 2 rings (SSSR count). The van der Waals surface area contributed by atoms with Gasteiger partial charge in [-0.15, -0.1) is 0 Å². The standard InChI is InChI=1S/C15H24N2O/c1-12(2)16-10-14-4-5-15(18-14)11-17-8-6-13(3)7-9-17/h4-6,12,16H,7-11H2,1-3H3. The lowest BCUT2D eigenvalue weighted by molar-refractivity contribution is 0.257. The fourth-order valence-corrected chi connectivity index (χ4v) is 2.08. The molecule has 3 heteroatoms. The van der Waals surface area contributed by atoms with E-state index in [0.717, 1.165) is 37.7 Å². The fourth-order valence-electron chi connectivity index (χ4n) is 2.08. The van der Waals surface area contributed by atoms with E-state index in [4.69, 9.17) is 4.42 Å². The Bertz CT molecular complexity index is 406. The van der Waals surface area contributed by atoms with Gasteiger partial charge in [-0.05, 0) is 25.5 Å². The highest BCUT2D eigenvalue weighted by atomic mass is 16.3. The monoisotopic (exact) mass is 248 g/mol. The molecule has 0 radical (unpaired) electrons. The predicted molar refractivity (Wildman–Crippen MR) is 74.3 cm³/mol. The zero-order valence-electron chi connectivity index (χ0n) is 11.7. The van der Waals surface area contributed by atoms with E-state index < -0.39 is 0 Å². The average molecular weight is 248 g/mol. The SMILES string of the molecule is CC1=CCN(Cc2ccc(CNC(C)C)o2)CC1. The van der Waals surface area contributed by atoms with Gasteiger partial charge in [-0.3, -0.25) is 4.90 Å². The summed E-state index contributed by atoms with van der Waals surface area (Å²) in [5, 5.41) is 3.37. The van der Waals surface area contributed by atoms with Crippen LogP contribution in [-0.2, 0) is 13.1 Å². The average Bonchev–Trinajstić information content (AvgIpc) is 2.77. The van der Waals surface area contributed by atoms with Crippen molar-refractivity contribution in [2.75, 3.05) is 13.1 Å². The lowest BCUT2D eigenvalue weighted by Gasteiger charge is -2.24. The molecule has 1 aromatic heterocycles. The molecule has 100 valence electrons. The van der Waals surface area contributed by atoms with Crippen molar-refractivity contribution >= 4 is 0 Å². The van der Waals surface area contributed by atoms with Crippen LogP contribution in [0.4, 0.5) is 0 Å². The summed E-state index contributed by atoms with van der Waals surface area (Å²) in [5.74, 6) is 2.10. The lowest BCUT2D eigenvalue weighted by Crippen LogP contribution is -2.27. The molecule has 1 aliphatic rings. The first-order valence-corrected chi connectivity index (χ1v) is 6.82. The molecule has 0 unspecified atom stereocenters. The van der Waals surface area contributed by atoms with E-state index in [1.54, 1.807) is 0 Å². The van der Waals surface area contributed by atoms with E-state index in [1.165, 1.54) is 12.0 Å². The Labute approximate surface area is 110 Å². The Morgan fingerprint density at radius 3 is 2.78 bits per heavy atom. The van der Waals surface area contributed by atoms with Gasteiger partial charge in [0.25, 0.3) is 0 Å². The zero-order valence-corrected chi connectivity index (χ0v) is 11.7. The number of hydrogen-bond acceptors (Lipinski definition) is 3. The molecular weight excluding hydrogens is 224 g/mol. The van der Waals surface area contributed by atoms with Gasteiger partial charge in [0.1, 0.15) is 11.5 Å². The van der Waals surface area contributed by atoms with E-state index in [0.29, 0.717) is 6.04 Å². The molecule has 0 saturated carbocycles. The molecule has 3 nitrogen and oxygen atoms in total. The molecule has 1 aromatic rings. The van der Waals surface area contributed by atoms with Gasteiger partial charge in [0.2, 0.25) is 0 Å². The van der Waals surface area contributed by atoms with Crippen LogP contribution in [0, 0.1) is 0 Å². The second-order valence-corrected chi connectivity index (χ2v) is 5.44. The third-order valence-corrected chi connectivity index (χ3v) is 3.30. The molecule has 0 spiro atoms. The molecule has 0 fully saturated rings. The van der Waals surface area contributed by atoms with Crippen LogP contribution < -0.4 is 5.32 Å². The predicted octanol–water partition coefficient (Wildman–Crippen LogP) is 2.93. The summed E-state index contributed by atoms with van der Waals surface area (Å²) in [6, 6.07) is 4.67. The van der Waals surface area contributed by atoms with Crippen LogP contribution in [0.2, 0.25) is 0 Å². The van der Waals surface area contributed by atoms with Crippen molar-refractivity contribution in [3.8, 4) is 0 Å². The smallest absolute Gasteiger partial charge is 0.118 e. The van der Waals surface area contributed by atoms with Gasteiger partial charge in [-0.2, -0.15) is 0 Å². The van der Waals surface area contributed by atoms with Crippen LogP contribution in [0.25, 0.3) is 0 Å². The van der Waals surface area contributed by atoms with Gasteiger partial charge >= 0.3 is 0 Å². The summed E-state index contributed by atoms with van der Waals surface area (Å²) >= 11 is 0. The van der Waals surface area contributed by atoms with Crippen LogP contribution in [0.1, 0.15) is 38.7 Å². The number of nitrogens with one attached hydrogen (secondary N) is 1. The molecular formula is C15H24N2O. The van der Waals surface area contributed by atoms with Crippen LogP contribution in [0.3, 0.4) is 0 Å². The van der Waals surface area contributed by atoms with E-state index in [1.807, 2.05) is 0 Å². The molecule has 0 saturated heterocycles. The number of hydrogen-bond donors (Lipinski definition) is 1. The van der Waals surface area contributed by atoms with Gasteiger partial charge < -0.3 is 9.73 Å². The summed E-state index contributed by atoms with van der Waals surface area (Å²) in [5.41, 5.74) is 1.51. The maximum absolute atomic E-state index is 5.84. The van der Waals surface area contributed by atoms with Crippen molar-refractivity contribution in [1.82, 2.24) is 10.2 Å². The largest absolute Gasteiger partial charge is 0.463 e. The van der Waals surface area contributed by atoms with Gasteiger partial charge in [-0.1, -0.05) is 25.5 Å². The second kappa shape index (κ2) is 6.21. The normalized spacial score (nSPS) is 17.2. The summed E-state index contributed by atoms with van der Waals surface area (Å²) in [7, 11) is 0. The Morgan fingerprint density at radius 2 is 2.11 bits per heavy atom. The van der Waals surface area contributed by atoms with E-state index in [2.05, 4.69) is 49.2 Å². The Morgan fingerprint density at radius 1 is 1.33 bits per heavy atom. The zero-order chi connectivity index (χ0) is 13.0. The summed E-state index contributed by atoms with van der Waals surface area (Å²) in [6.45, 7) is 10.4. The number of rotatable bonds is 5. The third kappa shape index (κ3) is 4.00. The molecule has 2 heterocycles. The maximum atomic E-state index is 5.84. The topological polar surface area (TPSA) is 28.4 Å². The molecule has 0 aromatic carbocycles. The van der Waals surface area contributed by atoms with Crippen molar-refractivity contribution in [2.45, 2.75) is 46.3 Å². The Kier molecular flexibility index (Phi) is 4.61. The molecule has 1 N–H and O–H groups in total. The van der Waals surface area contributed by atoms with Gasteiger partial charge in [0.05, 0.1) is 13.1 Å². The first-order chi connectivity index (χ1) is 8.63. The highest BCUT2D eigenvalue weighted by molar-refractivity contribution is 5.09. The Hall–Kier alpha value is -1.06. The van der Waals surface area contributed by atoms with Crippen molar-refractivity contribution < 1.29 is 4.42 Å². The number of furan rings is 1. The lowest BCUT2D eigenvalue weighted by atomic mass is 10.1. The molecule has 0 bridgehead atoms. The minimum atomic E-state index is 0.494. The van der Waals surface area contributed by atoms with Crippen molar-refractivity contribution in [2.24, 2.45) is 0 Å². The number of nitrogens with zero attached hydrogens (tertiary/aromatic N) is 1.